The highest BCUT2D eigenvalue weighted by Crippen LogP contribution is 2.22. The van der Waals surface area contributed by atoms with Crippen molar-refractivity contribution in [2.24, 2.45) is 0 Å². The van der Waals surface area contributed by atoms with E-state index in [1.807, 2.05) is 32.2 Å². The Bertz CT molecular complexity index is 336. The van der Waals surface area contributed by atoms with Crippen molar-refractivity contribution in [3.63, 3.8) is 0 Å². The van der Waals surface area contributed by atoms with Gasteiger partial charge in [-0.25, -0.2) is 0 Å². The molecule has 0 saturated carbocycles. The Hall–Kier alpha value is -0.570. The molecular weight excluding hydrogens is 210 g/mol. The number of likely N-dealkylation sites (N-methyl/N-ethyl adjacent to an activating group) is 1. The second-order valence-corrected chi connectivity index (χ2v) is 4.71. The molecule has 15 heavy (non-hydrogen) atoms. The maximum atomic E-state index is 10.0. The van der Waals surface area contributed by atoms with Crippen LogP contribution in [-0.2, 0) is 6.42 Å². The number of aliphatic hydroxyl groups is 1. The first-order valence-electron chi connectivity index (χ1n) is 5.06. The molecule has 2 N–H and O–H groups in total. The first-order valence-corrected chi connectivity index (χ1v) is 5.44. The van der Waals surface area contributed by atoms with Gasteiger partial charge in [-0.3, -0.25) is 0 Å². The maximum Gasteiger partial charge on any atom is 0.0784 e. The van der Waals surface area contributed by atoms with Crippen molar-refractivity contribution in [2.45, 2.75) is 25.9 Å². The second-order valence-electron chi connectivity index (χ2n) is 4.30. The van der Waals surface area contributed by atoms with Crippen molar-refractivity contribution in [1.82, 2.24) is 5.32 Å². The molecule has 0 bridgehead atoms. The molecule has 1 rings (SSSR count). The Morgan fingerprint density at radius 3 is 2.67 bits per heavy atom. The van der Waals surface area contributed by atoms with Crippen LogP contribution in [0.4, 0.5) is 0 Å². The fraction of sp³-hybridized carbons (Fsp3) is 0.500. The van der Waals surface area contributed by atoms with Crippen LogP contribution in [0.1, 0.15) is 18.1 Å². The average molecular weight is 228 g/mol. The summed E-state index contributed by atoms with van der Waals surface area (Å²) < 4.78 is 0. The van der Waals surface area contributed by atoms with E-state index in [1.165, 1.54) is 0 Å². The minimum Gasteiger partial charge on any atom is -0.389 e. The molecule has 0 aromatic heterocycles. The summed E-state index contributed by atoms with van der Waals surface area (Å²) in [6, 6.07) is 5.91. The molecular formula is C12H18ClNO. The molecule has 1 aromatic carbocycles. The summed E-state index contributed by atoms with van der Waals surface area (Å²) >= 11 is 6.10. The number of benzene rings is 1. The molecule has 0 aliphatic heterocycles. The highest BCUT2D eigenvalue weighted by Gasteiger charge is 2.20. The first kappa shape index (κ1) is 12.5. The highest BCUT2D eigenvalue weighted by atomic mass is 35.5. The third kappa shape index (κ3) is 3.82. The third-order valence-electron chi connectivity index (χ3n) is 2.34. The molecule has 3 heteroatoms. The van der Waals surface area contributed by atoms with Crippen LogP contribution in [0, 0.1) is 6.92 Å². The van der Waals surface area contributed by atoms with E-state index in [9.17, 15) is 5.11 Å². The zero-order valence-corrected chi connectivity index (χ0v) is 10.2. The number of hydrogen-bond acceptors (Lipinski definition) is 2. The molecule has 1 aromatic rings. The first-order chi connectivity index (χ1) is 6.94. The normalized spacial score (nSPS) is 15.0. The van der Waals surface area contributed by atoms with Gasteiger partial charge < -0.3 is 10.4 Å². The SMILES string of the molecule is CNCC(C)(O)Cc1ccc(C)cc1Cl. The van der Waals surface area contributed by atoms with E-state index in [0.717, 1.165) is 16.1 Å². The van der Waals surface area contributed by atoms with Gasteiger partial charge >= 0.3 is 0 Å². The van der Waals surface area contributed by atoms with Crippen molar-refractivity contribution in [2.75, 3.05) is 13.6 Å². The fourth-order valence-electron chi connectivity index (χ4n) is 1.65. The molecule has 2 nitrogen and oxygen atoms in total. The van der Waals surface area contributed by atoms with Gasteiger partial charge in [0.25, 0.3) is 0 Å². The third-order valence-corrected chi connectivity index (χ3v) is 2.69. The lowest BCUT2D eigenvalue weighted by Gasteiger charge is -2.23. The fourth-order valence-corrected chi connectivity index (χ4v) is 1.95. The number of halogens is 1. The summed E-state index contributed by atoms with van der Waals surface area (Å²) in [5.74, 6) is 0. The van der Waals surface area contributed by atoms with Gasteiger partial charge in [-0.2, -0.15) is 0 Å². The van der Waals surface area contributed by atoms with Crippen molar-refractivity contribution in [3.8, 4) is 0 Å². The van der Waals surface area contributed by atoms with Crippen LogP contribution < -0.4 is 5.32 Å². The van der Waals surface area contributed by atoms with E-state index >= 15 is 0 Å². The van der Waals surface area contributed by atoms with E-state index in [-0.39, 0.29) is 0 Å². The predicted molar refractivity (Wildman–Crippen MR) is 64.4 cm³/mol. The smallest absolute Gasteiger partial charge is 0.0784 e. The quantitative estimate of drug-likeness (QED) is 0.827. The number of rotatable bonds is 4. The Balaban J connectivity index is 2.80. The summed E-state index contributed by atoms with van der Waals surface area (Å²) in [6.45, 7) is 4.36. The summed E-state index contributed by atoms with van der Waals surface area (Å²) in [5, 5.41) is 13.7. The van der Waals surface area contributed by atoms with Gasteiger partial charge in [0.05, 0.1) is 5.60 Å². The van der Waals surface area contributed by atoms with Gasteiger partial charge in [-0.15, -0.1) is 0 Å². The van der Waals surface area contributed by atoms with E-state index < -0.39 is 5.60 Å². The van der Waals surface area contributed by atoms with Crippen LogP contribution in [0.25, 0.3) is 0 Å². The number of nitrogens with one attached hydrogen (secondary N) is 1. The Kier molecular flexibility index (Phi) is 4.14. The van der Waals surface area contributed by atoms with Gasteiger partial charge in [-0.05, 0) is 38.1 Å². The summed E-state index contributed by atoms with van der Waals surface area (Å²) in [5.41, 5.74) is 1.37. The monoisotopic (exact) mass is 227 g/mol. The Labute approximate surface area is 96.3 Å². The van der Waals surface area contributed by atoms with Crippen molar-refractivity contribution in [3.05, 3.63) is 34.3 Å². The van der Waals surface area contributed by atoms with Crippen molar-refractivity contribution in [1.29, 1.82) is 0 Å². The molecule has 84 valence electrons. The topological polar surface area (TPSA) is 32.3 Å². The lowest BCUT2D eigenvalue weighted by atomic mass is 9.96. The lowest BCUT2D eigenvalue weighted by molar-refractivity contribution is 0.0623. The Morgan fingerprint density at radius 2 is 2.13 bits per heavy atom. The zero-order chi connectivity index (χ0) is 11.5. The van der Waals surface area contributed by atoms with Crippen LogP contribution in [0.15, 0.2) is 18.2 Å². The average Bonchev–Trinajstić information content (AvgIpc) is 2.09. The lowest BCUT2D eigenvalue weighted by Crippen LogP contribution is -2.38. The standard InChI is InChI=1S/C12H18ClNO/c1-9-4-5-10(11(13)6-9)7-12(2,15)8-14-3/h4-6,14-15H,7-8H2,1-3H3. The molecule has 0 radical (unpaired) electrons. The van der Waals surface area contributed by atoms with Crippen LogP contribution >= 0.6 is 11.6 Å². The summed E-state index contributed by atoms with van der Waals surface area (Å²) in [4.78, 5) is 0. The van der Waals surface area contributed by atoms with Crippen LogP contribution in [0.5, 0.6) is 0 Å². The van der Waals surface area contributed by atoms with Crippen LogP contribution in [-0.4, -0.2) is 24.3 Å². The maximum absolute atomic E-state index is 10.0. The zero-order valence-electron chi connectivity index (χ0n) is 9.47. The van der Waals surface area contributed by atoms with Gasteiger partial charge in [0.1, 0.15) is 0 Å². The van der Waals surface area contributed by atoms with E-state index in [1.54, 1.807) is 6.92 Å². The van der Waals surface area contributed by atoms with Crippen molar-refractivity contribution >= 4 is 11.6 Å². The molecule has 1 unspecified atom stereocenters. The number of hydrogen-bond donors (Lipinski definition) is 2. The van der Waals surface area contributed by atoms with Crippen molar-refractivity contribution < 1.29 is 5.11 Å². The van der Waals surface area contributed by atoms with E-state index in [0.29, 0.717) is 13.0 Å². The number of aryl methyl sites for hydroxylation is 1. The Morgan fingerprint density at radius 1 is 1.47 bits per heavy atom. The minimum atomic E-state index is -0.756. The molecule has 0 aliphatic rings. The molecule has 0 aliphatic carbocycles. The highest BCUT2D eigenvalue weighted by molar-refractivity contribution is 6.31. The van der Waals surface area contributed by atoms with Gasteiger partial charge in [0.2, 0.25) is 0 Å². The van der Waals surface area contributed by atoms with Gasteiger partial charge in [-0.1, -0.05) is 23.7 Å². The van der Waals surface area contributed by atoms with Gasteiger partial charge in [0.15, 0.2) is 0 Å². The van der Waals surface area contributed by atoms with Crippen LogP contribution in [0.3, 0.4) is 0 Å². The van der Waals surface area contributed by atoms with Gasteiger partial charge in [0, 0.05) is 18.0 Å². The molecule has 0 heterocycles. The second kappa shape index (κ2) is 4.97. The minimum absolute atomic E-state index is 0.553. The summed E-state index contributed by atoms with van der Waals surface area (Å²) in [7, 11) is 1.82. The van der Waals surface area contributed by atoms with Crippen LogP contribution in [0.2, 0.25) is 5.02 Å². The molecule has 0 amide bonds. The molecule has 0 fully saturated rings. The predicted octanol–water partition coefficient (Wildman–Crippen LogP) is 2.16. The largest absolute Gasteiger partial charge is 0.389 e. The van der Waals surface area contributed by atoms with E-state index in [4.69, 9.17) is 11.6 Å². The van der Waals surface area contributed by atoms with E-state index in [2.05, 4.69) is 5.32 Å². The molecule has 1 atom stereocenters. The summed E-state index contributed by atoms with van der Waals surface area (Å²) in [6.07, 6.45) is 0.562. The molecule has 0 saturated heterocycles. The molecule has 0 spiro atoms.